The van der Waals surface area contributed by atoms with Gasteiger partial charge in [0.1, 0.15) is 6.04 Å². The molecule has 0 aliphatic heterocycles. The highest BCUT2D eigenvalue weighted by atomic mass is 32.1. The highest BCUT2D eigenvalue weighted by Crippen LogP contribution is 1.82. The molecule has 1 radical (unpaired) electrons. The maximum Gasteiger partial charge on any atom is 0.244 e. The molecule has 0 rings (SSSR count). The lowest BCUT2D eigenvalue weighted by molar-refractivity contribution is -0.116. The molecule has 0 aromatic rings. The summed E-state index contributed by atoms with van der Waals surface area (Å²) >= 11 is 3.80. The van der Waals surface area contributed by atoms with Gasteiger partial charge in [0.2, 0.25) is 12.2 Å². The van der Waals surface area contributed by atoms with E-state index in [0.717, 1.165) is 6.08 Å². The standard InChI is InChI=1S/C6H8NO2S/c1-2-6(9)7-5(3-8)4-10/h2,5,10H,1,4H2,(H,7,9)/t5-/m1/s1. The molecule has 0 aliphatic carbocycles. The molecule has 0 fully saturated rings. The Balaban J connectivity index is 3.73. The van der Waals surface area contributed by atoms with Crippen molar-refractivity contribution in [2.45, 2.75) is 6.04 Å². The summed E-state index contributed by atoms with van der Waals surface area (Å²) in [5.41, 5.74) is 0. The molecule has 1 atom stereocenters. The summed E-state index contributed by atoms with van der Waals surface area (Å²) in [7, 11) is 0. The van der Waals surface area contributed by atoms with Crippen LogP contribution in [0.15, 0.2) is 12.7 Å². The largest absolute Gasteiger partial charge is 0.341 e. The first-order valence-corrected chi connectivity index (χ1v) is 3.29. The molecule has 0 bridgehead atoms. The maximum atomic E-state index is 10.5. The van der Waals surface area contributed by atoms with Gasteiger partial charge in [-0.25, -0.2) is 0 Å². The Labute approximate surface area is 64.9 Å². The van der Waals surface area contributed by atoms with Gasteiger partial charge in [-0.05, 0) is 6.08 Å². The predicted molar refractivity (Wildman–Crippen MR) is 41.7 cm³/mol. The van der Waals surface area contributed by atoms with Crippen molar-refractivity contribution in [2.24, 2.45) is 0 Å². The van der Waals surface area contributed by atoms with Crippen molar-refractivity contribution in [1.82, 2.24) is 5.32 Å². The van der Waals surface area contributed by atoms with Gasteiger partial charge >= 0.3 is 0 Å². The summed E-state index contributed by atoms with van der Waals surface area (Å²) in [5, 5.41) is 2.31. The van der Waals surface area contributed by atoms with E-state index < -0.39 is 6.04 Å². The van der Waals surface area contributed by atoms with Gasteiger partial charge in [-0.2, -0.15) is 12.6 Å². The van der Waals surface area contributed by atoms with Gasteiger partial charge in [-0.1, -0.05) is 6.58 Å². The van der Waals surface area contributed by atoms with Gasteiger partial charge in [0.25, 0.3) is 0 Å². The van der Waals surface area contributed by atoms with Crippen LogP contribution in [0.25, 0.3) is 0 Å². The first kappa shape index (κ1) is 9.23. The van der Waals surface area contributed by atoms with Gasteiger partial charge in [0.05, 0.1) is 0 Å². The Morgan fingerprint density at radius 3 is 2.80 bits per heavy atom. The molecular weight excluding hydrogens is 150 g/mol. The number of rotatable bonds is 4. The Hall–Kier alpha value is -0.770. The molecule has 4 heteroatoms. The molecule has 0 aromatic carbocycles. The van der Waals surface area contributed by atoms with Crippen molar-refractivity contribution in [3.8, 4) is 0 Å². The van der Waals surface area contributed by atoms with E-state index in [-0.39, 0.29) is 11.7 Å². The molecule has 0 spiro atoms. The van der Waals surface area contributed by atoms with Crippen LogP contribution in [0.2, 0.25) is 0 Å². The van der Waals surface area contributed by atoms with Crippen LogP contribution in [0.5, 0.6) is 0 Å². The van der Waals surface area contributed by atoms with Gasteiger partial charge in [0, 0.05) is 5.75 Å². The average molecular weight is 158 g/mol. The third-order valence-corrected chi connectivity index (χ3v) is 1.19. The zero-order chi connectivity index (χ0) is 7.98. The van der Waals surface area contributed by atoms with Crippen molar-refractivity contribution in [3.05, 3.63) is 12.7 Å². The number of nitrogens with one attached hydrogen (secondary N) is 1. The molecule has 55 valence electrons. The number of hydrogen-bond acceptors (Lipinski definition) is 3. The molecule has 0 heterocycles. The van der Waals surface area contributed by atoms with Crippen LogP contribution < -0.4 is 5.32 Å². The minimum atomic E-state index is -0.631. The first-order chi connectivity index (χ1) is 4.74. The molecular formula is C6H8NO2S. The lowest BCUT2D eigenvalue weighted by Gasteiger charge is -2.04. The highest BCUT2D eigenvalue weighted by Gasteiger charge is 2.06. The second-order valence-electron chi connectivity index (χ2n) is 1.57. The van der Waals surface area contributed by atoms with Crippen LogP contribution in [-0.2, 0) is 9.59 Å². The molecule has 1 amide bonds. The Kier molecular flexibility index (Phi) is 4.66. The third-order valence-electron chi connectivity index (χ3n) is 0.827. The molecule has 3 nitrogen and oxygen atoms in total. The molecule has 0 saturated heterocycles. The summed E-state index contributed by atoms with van der Waals surface area (Å²) in [6.45, 7) is 3.22. The molecule has 0 saturated carbocycles. The van der Waals surface area contributed by atoms with Crippen molar-refractivity contribution < 1.29 is 9.59 Å². The second kappa shape index (κ2) is 5.05. The quantitative estimate of drug-likeness (QED) is 0.436. The highest BCUT2D eigenvalue weighted by molar-refractivity contribution is 7.80. The summed E-state index contributed by atoms with van der Waals surface area (Å²) < 4.78 is 0. The molecule has 0 unspecified atom stereocenters. The minimum absolute atomic E-state index is 0.253. The lowest BCUT2D eigenvalue weighted by atomic mass is 10.4. The monoisotopic (exact) mass is 158 g/mol. The Bertz CT molecular complexity index is 147. The van der Waals surface area contributed by atoms with E-state index in [1.165, 1.54) is 0 Å². The van der Waals surface area contributed by atoms with Crippen molar-refractivity contribution in [1.29, 1.82) is 0 Å². The van der Waals surface area contributed by atoms with Crippen LogP contribution in [0, 0.1) is 0 Å². The SMILES string of the molecule is C=CC(=O)N[C@H]([C]=O)CS. The van der Waals surface area contributed by atoms with Crippen LogP contribution in [0.1, 0.15) is 0 Å². The predicted octanol–water partition coefficient (Wildman–Crippen LogP) is -0.303. The zero-order valence-corrected chi connectivity index (χ0v) is 6.23. The first-order valence-electron chi connectivity index (χ1n) is 2.66. The number of amides is 1. The number of hydrogen-bond donors (Lipinski definition) is 2. The van der Waals surface area contributed by atoms with Crippen LogP contribution in [0.3, 0.4) is 0 Å². The fraction of sp³-hybridized carbons (Fsp3) is 0.333. The van der Waals surface area contributed by atoms with E-state index in [9.17, 15) is 9.59 Å². The average Bonchev–Trinajstić information content (AvgIpc) is 1.99. The van der Waals surface area contributed by atoms with Crippen LogP contribution in [0.4, 0.5) is 0 Å². The van der Waals surface area contributed by atoms with E-state index in [2.05, 4.69) is 24.5 Å². The fourth-order valence-electron chi connectivity index (χ4n) is 0.343. The number of thiol groups is 1. The zero-order valence-electron chi connectivity index (χ0n) is 5.33. The smallest absolute Gasteiger partial charge is 0.244 e. The van der Waals surface area contributed by atoms with E-state index in [4.69, 9.17) is 0 Å². The molecule has 10 heavy (non-hydrogen) atoms. The van der Waals surface area contributed by atoms with E-state index in [1.807, 2.05) is 0 Å². The molecule has 1 N–H and O–H groups in total. The van der Waals surface area contributed by atoms with Crippen molar-refractivity contribution in [3.63, 3.8) is 0 Å². The van der Waals surface area contributed by atoms with E-state index in [0.29, 0.717) is 0 Å². The lowest BCUT2D eigenvalue weighted by Crippen LogP contribution is -2.35. The van der Waals surface area contributed by atoms with Crippen LogP contribution in [-0.4, -0.2) is 24.0 Å². The second-order valence-corrected chi connectivity index (χ2v) is 1.93. The van der Waals surface area contributed by atoms with Crippen molar-refractivity contribution in [2.75, 3.05) is 5.75 Å². The Morgan fingerprint density at radius 1 is 1.90 bits per heavy atom. The van der Waals surface area contributed by atoms with E-state index >= 15 is 0 Å². The number of carbonyl (C=O) groups excluding carboxylic acids is 2. The van der Waals surface area contributed by atoms with Crippen LogP contribution >= 0.6 is 12.6 Å². The molecule has 0 aliphatic rings. The third kappa shape index (κ3) is 3.29. The summed E-state index contributed by atoms with van der Waals surface area (Å²) in [5.74, 6) is -0.134. The van der Waals surface area contributed by atoms with Crippen molar-refractivity contribution >= 4 is 24.8 Å². The Morgan fingerprint density at radius 2 is 2.50 bits per heavy atom. The normalized spacial score (nSPS) is 11.7. The van der Waals surface area contributed by atoms with Gasteiger partial charge < -0.3 is 5.32 Å². The maximum absolute atomic E-state index is 10.5. The summed E-state index contributed by atoms with van der Waals surface area (Å²) in [6.07, 6.45) is 2.70. The van der Waals surface area contributed by atoms with E-state index in [1.54, 1.807) is 6.29 Å². The minimum Gasteiger partial charge on any atom is -0.341 e. The summed E-state index contributed by atoms with van der Waals surface area (Å²) in [4.78, 5) is 20.5. The topological polar surface area (TPSA) is 46.2 Å². The van der Waals surface area contributed by atoms with Gasteiger partial charge in [-0.15, -0.1) is 0 Å². The molecule has 0 aromatic heterocycles. The number of carbonyl (C=O) groups is 1. The van der Waals surface area contributed by atoms with Gasteiger partial charge in [0.15, 0.2) is 0 Å². The van der Waals surface area contributed by atoms with Gasteiger partial charge in [-0.3, -0.25) is 9.59 Å². The summed E-state index contributed by atoms with van der Waals surface area (Å²) in [6, 6.07) is -0.631. The fourth-order valence-corrected chi connectivity index (χ4v) is 0.509.